The van der Waals surface area contributed by atoms with Gasteiger partial charge in [-0.25, -0.2) is 8.42 Å². The first-order chi connectivity index (χ1) is 6.79. The SMILES string of the molecule is NC(=O)CN(CC(N)=O)S(=O)(=O)CCO. The first kappa shape index (κ1) is 13.8. The summed E-state index contributed by atoms with van der Waals surface area (Å²) in [6.45, 7) is -1.88. The zero-order valence-electron chi connectivity index (χ0n) is 7.92. The predicted molar refractivity (Wildman–Crippen MR) is 50.8 cm³/mol. The highest BCUT2D eigenvalue weighted by Crippen LogP contribution is 2.00. The highest BCUT2D eigenvalue weighted by Gasteiger charge is 2.24. The fraction of sp³-hybridized carbons (Fsp3) is 0.667. The van der Waals surface area contributed by atoms with E-state index in [4.69, 9.17) is 16.6 Å². The molecule has 0 radical (unpaired) electrons. The molecule has 0 aromatic heterocycles. The largest absolute Gasteiger partial charge is 0.395 e. The van der Waals surface area contributed by atoms with Gasteiger partial charge >= 0.3 is 0 Å². The number of aliphatic hydroxyl groups excluding tert-OH is 1. The van der Waals surface area contributed by atoms with Crippen LogP contribution in [-0.4, -0.2) is 55.1 Å². The number of nitrogens with zero attached hydrogens (tertiary/aromatic N) is 1. The molecule has 0 aliphatic carbocycles. The molecule has 0 aliphatic heterocycles. The molecule has 88 valence electrons. The smallest absolute Gasteiger partial charge is 0.232 e. The normalized spacial score (nSPS) is 11.6. The van der Waals surface area contributed by atoms with Crippen LogP contribution in [0.25, 0.3) is 0 Å². The van der Waals surface area contributed by atoms with E-state index in [1.165, 1.54) is 0 Å². The molecule has 0 saturated carbocycles. The van der Waals surface area contributed by atoms with Crippen molar-refractivity contribution in [3.63, 3.8) is 0 Å². The van der Waals surface area contributed by atoms with Crippen LogP contribution in [-0.2, 0) is 19.6 Å². The maximum absolute atomic E-state index is 11.4. The minimum atomic E-state index is -3.88. The Hall–Kier alpha value is -1.19. The Morgan fingerprint density at radius 3 is 1.80 bits per heavy atom. The van der Waals surface area contributed by atoms with Gasteiger partial charge in [0.05, 0.1) is 25.4 Å². The van der Waals surface area contributed by atoms with Crippen LogP contribution in [0, 0.1) is 0 Å². The van der Waals surface area contributed by atoms with Gasteiger partial charge in [-0.2, -0.15) is 4.31 Å². The van der Waals surface area contributed by atoms with Gasteiger partial charge in [0.1, 0.15) is 0 Å². The van der Waals surface area contributed by atoms with E-state index in [9.17, 15) is 18.0 Å². The molecule has 0 bridgehead atoms. The van der Waals surface area contributed by atoms with Crippen LogP contribution in [0.3, 0.4) is 0 Å². The van der Waals surface area contributed by atoms with Gasteiger partial charge < -0.3 is 16.6 Å². The third kappa shape index (κ3) is 5.30. The van der Waals surface area contributed by atoms with Crippen LogP contribution < -0.4 is 11.5 Å². The van der Waals surface area contributed by atoms with Crippen LogP contribution in [0.1, 0.15) is 0 Å². The molecule has 0 aromatic rings. The number of primary amides is 2. The Labute approximate surface area is 86.9 Å². The summed E-state index contributed by atoms with van der Waals surface area (Å²) >= 11 is 0. The summed E-state index contributed by atoms with van der Waals surface area (Å²) in [4.78, 5) is 21.1. The molecule has 0 unspecified atom stereocenters. The zero-order valence-corrected chi connectivity index (χ0v) is 8.74. The van der Waals surface area contributed by atoms with Gasteiger partial charge in [-0.15, -0.1) is 0 Å². The van der Waals surface area contributed by atoms with Crippen LogP contribution in [0.4, 0.5) is 0 Å². The van der Waals surface area contributed by atoms with E-state index in [-0.39, 0.29) is 0 Å². The van der Waals surface area contributed by atoms with Gasteiger partial charge in [-0.1, -0.05) is 0 Å². The number of aliphatic hydroxyl groups is 1. The highest BCUT2D eigenvalue weighted by atomic mass is 32.2. The average molecular weight is 239 g/mol. The van der Waals surface area contributed by atoms with Crippen molar-refractivity contribution in [1.29, 1.82) is 0 Å². The van der Waals surface area contributed by atoms with Gasteiger partial charge in [-0.05, 0) is 0 Å². The van der Waals surface area contributed by atoms with Crippen molar-refractivity contribution in [2.45, 2.75) is 0 Å². The van der Waals surface area contributed by atoms with Crippen molar-refractivity contribution >= 4 is 21.8 Å². The number of carbonyl (C=O) groups is 2. The number of carbonyl (C=O) groups excluding carboxylic acids is 2. The molecule has 0 heterocycles. The molecular weight excluding hydrogens is 226 g/mol. The first-order valence-electron chi connectivity index (χ1n) is 3.95. The number of hydrogen-bond donors (Lipinski definition) is 3. The van der Waals surface area contributed by atoms with E-state index in [1.54, 1.807) is 0 Å². The molecule has 0 atom stereocenters. The summed E-state index contributed by atoms with van der Waals surface area (Å²) in [6.07, 6.45) is 0. The molecule has 2 amide bonds. The van der Waals surface area contributed by atoms with Gasteiger partial charge in [0, 0.05) is 0 Å². The fourth-order valence-corrected chi connectivity index (χ4v) is 1.98. The number of nitrogens with two attached hydrogens (primary N) is 2. The topological polar surface area (TPSA) is 144 Å². The van der Waals surface area contributed by atoms with E-state index < -0.39 is 47.3 Å². The van der Waals surface area contributed by atoms with Crippen molar-refractivity contribution < 1.29 is 23.1 Å². The van der Waals surface area contributed by atoms with Crippen LogP contribution in [0.5, 0.6) is 0 Å². The van der Waals surface area contributed by atoms with Crippen molar-refractivity contribution in [2.75, 3.05) is 25.4 Å². The van der Waals surface area contributed by atoms with Crippen LogP contribution in [0.2, 0.25) is 0 Å². The first-order valence-corrected chi connectivity index (χ1v) is 5.56. The molecule has 5 N–H and O–H groups in total. The van der Waals surface area contributed by atoms with Crippen LogP contribution >= 0.6 is 0 Å². The van der Waals surface area contributed by atoms with E-state index in [2.05, 4.69) is 0 Å². The van der Waals surface area contributed by atoms with Crippen molar-refractivity contribution in [3.8, 4) is 0 Å². The summed E-state index contributed by atoms with van der Waals surface area (Å²) in [6, 6.07) is 0. The number of rotatable bonds is 7. The number of amides is 2. The zero-order chi connectivity index (χ0) is 12.1. The minimum Gasteiger partial charge on any atom is -0.395 e. The molecule has 0 saturated heterocycles. The van der Waals surface area contributed by atoms with E-state index in [0.717, 1.165) is 0 Å². The quantitative estimate of drug-likeness (QED) is 0.423. The molecule has 15 heavy (non-hydrogen) atoms. The Bertz CT molecular complexity index is 323. The fourth-order valence-electron chi connectivity index (χ4n) is 0.845. The lowest BCUT2D eigenvalue weighted by Crippen LogP contribution is -2.44. The van der Waals surface area contributed by atoms with E-state index in [0.29, 0.717) is 4.31 Å². The molecule has 0 aromatic carbocycles. The monoisotopic (exact) mass is 239 g/mol. The standard InChI is InChI=1S/C6H13N3O5S/c7-5(11)3-9(4-6(8)12)15(13,14)2-1-10/h10H,1-4H2,(H2,7,11)(H2,8,12). The van der Waals surface area contributed by atoms with Crippen molar-refractivity contribution in [2.24, 2.45) is 11.5 Å². The number of hydrogen-bond acceptors (Lipinski definition) is 5. The molecule has 8 nitrogen and oxygen atoms in total. The molecule has 0 spiro atoms. The van der Waals surface area contributed by atoms with Gasteiger partial charge in [0.25, 0.3) is 0 Å². The number of sulfonamides is 1. The average Bonchev–Trinajstić information content (AvgIpc) is 2.00. The lowest BCUT2D eigenvalue weighted by atomic mass is 10.5. The Balaban J connectivity index is 4.76. The highest BCUT2D eigenvalue weighted by molar-refractivity contribution is 7.89. The lowest BCUT2D eigenvalue weighted by molar-refractivity contribution is -0.120. The Morgan fingerprint density at radius 2 is 1.53 bits per heavy atom. The summed E-state index contributed by atoms with van der Waals surface area (Å²) in [5.41, 5.74) is 9.60. The van der Waals surface area contributed by atoms with E-state index in [1.807, 2.05) is 0 Å². The summed E-state index contributed by atoms with van der Waals surface area (Å²) in [7, 11) is -3.88. The van der Waals surface area contributed by atoms with Crippen molar-refractivity contribution in [1.82, 2.24) is 4.31 Å². The molecule has 0 fully saturated rings. The molecule has 9 heteroatoms. The summed E-state index contributed by atoms with van der Waals surface area (Å²) in [5.74, 6) is -2.40. The van der Waals surface area contributed by atoms with Gasteiger partial charge in [-0.3, -0.25) is 9.59 Å². The van der Waals surface area contributed by atoms with Gasteiger partial charge in [0.15, 0.2) is 0 Å². The summed E-state index contributed by atoms with van der Waals surface area (Å²) < 4.78 is 23.2. The third-order valence-corrected chi connectivity index (χ3v) is 3.15. The van der Waals surface area contributed by atoms with Crippen LogP contribution in [0.15, 0.2) is 0 Å². The lowest BCUT2D eigenvalue weighted by Gasteiger charge is -2.18. The predicted octanol–water partition coefficient (Wildman–Crippen LogP) is -3.42. The molecular formula is C6H13N3O5S. The summed E-state index contributed by atoms with van der Waals surface area (Å²) in [5, 5.41) is 8.48. The maximum Gasteiger partial charge on any atom is 0.232 e. The molecule has 0 rings (SSSR count). The third-order valence-electron chi connectivity index (χ3n) is 1.41. The Morgan fingerprint density at radius 1 is 1.13 bits per heavy atom. The Kier molecular flexibility index (Phi) is 5.19. The maximum atomic E-state index is 11.4. The second-order valence-corrected chi connectivity index (χ2v) is 4.83. The van der Waals surface area contributed by atoms with Crippen molar-refractivity contribution in [3.05, 3.63) is 0 Å². The second-order valence-electron chi connectivity index (χ2n) is 2.74. The van der Waals surface area contributed by atoms with Gasteiger partial charge in [0.2, 0.25) is 21.8 Å². The second kappa shape index (κ2) is 5.63. The van der Waals surface area contributed by atoms with E-state index >= 15 is 0 Å². The molecule has 0 aliphatic rings. The minimum absolute atomic E-state index is 0.536.